The van der Waals surface area contributed by atoms with Crippen LogP contribution in [0.5, 0.6) is 5.75 Å². The maximum absolute atomic E-state index is 10.7. The summed E-state index contributed by atoms with van der Waals surface area (Å²) in [7, 11) is 0. The van der Waals surface area contributed by atoms with Gasteiger partial charge in [0.15, 0.2) is 0 Å². The van der Waals surface area contributed by atoms with Gasteiger partial charge in [0, 0.05) is 11.6 Å². The van der Waals surface area contributed by atoms with Crippen molar-refractivity contribution in [1.82, 2.24) is 4.98 Å². The summed E-state index contributed by atoms with van der Waals surface area (Å²) < 4.78 is 5.43. The van der Waals surface area contributed by atoms with E-state index < -0.39 is 4.92 Å². The molecule has 5 nitrogen and oxygen atoms in total. The molecule has 8 heteroatoms. The first kappa shape index (κ1) is 14.8. The van der Waals surface area contributed by atoms with Gasteiger partial charge in [-0.1, -0.05) is 34.8 Å². The molecule has 104 valence electrons. The Morgan fingerprint density at radius 3 is 2.60 bits per heavy atom. The molecule has 0 saturated carbocycles. The Hall–Kier alpha value is -1.56. The lowest BCUT2D eigenvalue weighted by molar-refractivity contribution is -0.384. The van der Waals surface area contributed by atoms with E-state index in [1.807, 2.05) is 0 Å². The minimum Gasteiger partial charge on any atom is -0.487 e. The highest BCUT2D eigenvalue weighted by atomic mass is 35.5. The Kier molecular flexibility index (Phi) is 4.65. The lowest BCUT2D eigenvalue weighted by Gasteiger charge is -2.09. The Balaban J connectivity index is 2.18. The van der Waals surface area contributed by atoms with Crippen molar-refractivity contribution in [2.75, 3.05) is 0 Å². The lowest BCUT2D eigenvalue weighted by atomic mass is 10.3. The number of halogens is 3. The molecule has 0 aliphatic rings. The van der Waals surface area contributed by atoms with E-state index >= 15 is 0 Å². The Morgan fingerprint density at radius 2 is 1.95 bits per heavy atom. The summed E-state index contributed by atoms with van der Waals surface area (Å²) in [4.78, 5) is 14.0. The minimum atomic E-state index is -0.528. The van der Waals surface area contributed by atoms with Crippen molar-refractivity contribution < 1.29 is 9.66 Å². The molecular formula is C12H7Cl3N2O3. The van der Waals surface area contributed by atoms with Crippen LogP contribution in [0.2, 0.25) is 15.3 Å². The number of nitrogens with zero attached hydrogens (tertiary/aromatic N) is 2. The van der Waals surface area contributed by atoms with Crippen LogP contribution in [0.1, 0.15) is 5.56 Å². The van der Waals surface area contributed by atoms with E-state index in [0.717, 1.165) is 0 Å². The van der Waals surface area contributed by atoms with Gasteiger partial charge in [-0.25, -0.2) is 4.98 Å². The van der Waals surface area contributed by atoms with Crippen molar-refractivity contribution in [3.63, 3.8) is 0 Å². The molecular weight excluding hydrogens is 327 g/mol. The zero-order valence-corrected chi connectivity index (χ0v) is 12.1. The van der Waals surface area contributed by atoms with Gasteiger partial charge < -0.3 is 4.74 Å². The molecule has 0 fully saturated rings. The highest BCUT2D eigenvalue weighted by molar-refractivity contribution is 6.33. The van der Waals surface area contributed by atoms with Crippen molar-refractivity contribution in [3.05, 3.63) is 61.3 Å². The zero-order chi connectivity index (χ0) is 14.7. The van der Waals surface area contributed by atoms with E-state index in [2.05, 4.69) is 4.98 Å². The Bertz CT molecular complexity index is 664. The van der Waals surface area contributed by atoms with Crippen LogP contribution in [-0.4, -0.2) is 9.91 Å². The molecule has 0 unspecified atom stereocenters. The summed E-state index contributed by atoms with van der Waals surface area (Å²) >= 11 is 17.5. The zero-order valence-electron chi connectivity index (χ0n) is 9.85. The molecule has 0 saturated heterocycles. The second kappa shape index (κ2) is 6.26. The number of rotatable bonds is 4. The summed E-state index contributed by atoms with van der Waals surface area (Å²) in [5.74, 6) is 0.201. The number of nitro groups is 1. The summed E-state index contributed by atoms with van der Waals surface area (Å²) in [6, 6.07) is 7.17. The van der Waals surface area contributed by atoms with Crippen LogP contribution in [0.25, 0.3) is 0 Å². The Morgan fingerprint density at radius 1 is 1.20 bits per heavy atom. The number of hydrogen-bond donors (Lipinski definition) is 0. The van der Waals surface area contributed by atoms with Crippen molar-refractivity contribution in [2.45, 2.75) is 6.61 Å². The van der Waals surface area contributed by atoms with Gasteiger partial charge in [0.2, 0.25) is 0 Å². The van der Waals surface area contributed by atoms with Crippen molar-refractivity contribution in [3.8, 4) is 5.75 Å². The molecule has 0 amide bonds. The average molecular weight is 334 g/mol. The molecule has 0 bridgehead atoms. The fourth-order valence-electron chi connectivity index (χ4n) is 1.42. The molecule has 1 aromatic heterocycles. The monoisotopic (exact) mass is 332 g/mol. The molecule has 0 radical (unpaired) electrons. The van der Waals surface area contributed by atoms with E-state index in [-0.39, 0.29) is 33.4 Å². The predicted octanol–water partition coefficient (Wildman–Crippen LogP) is 4.53. The van der Waals surface area contributed by atoms with E-state index in [4.69, 9.17) is 39.5 Å². The van der Waals surface area contributed by atoms with Gasteiger partial charge in [-0.3, -0.25) is 10.1 Å². The van der Waals surface area contributed by atoms with Gasteiger partial charge in [-0.2, -0.15) is 0 Å². The van der Waals surface area contributed by atoms with Crippen molar-refractivity contribution in [1.29, 1.82) is 0 Å². The lowest BCUT2D eigenvalue weighted by Crippen LogP contribution is -1.99. The molecule has 1 aromatic carbocycles. The molecule has 2 aromatic rings. The van der Waals surface area contributed by atoms with Gasteiger partial charge >= 0.3 is 0 Å². The third-order valence-corrected chi connectivity index (χ3v) is 3.25. The van der Waals surface area contributed by atoms with E-state index in [1.165, 1.54) is 18.2 Å². The first-order valence-electron chi connectivity index (χ1n) is 5.35. The molecule has 0 aliphatic carbocycles. The summed E-state index contributed by atoms with van der Waals surface area (Å²) in [6.07, 6.45) is 0. The minimum absolute atomic E-state index is 0.0733. The average Bonchev–Trinajstić information content (AvgIpc) is 2.39. The van der Waals surface area contributed by atoms with Crippen LogP contribution >= 0.6 is 34.8 Å². The number of ether oxygens (including phenoxy) is 1. The van der Waals surface area contributed by atoms with Gasteiger partial charge in [0.1, 0.15) is 22.7 Å². The second-order valence-corrected chi connectivity index (χ2v) is 4.90. The maximum Gasteiger partial charge on any atom is 0.273 e. The number of pyridine rings is 1. The fourth-order valence-corrected chi connectivity index (χ4v) is 1.99. The molecule has 0 spiro atoms. The standard InChI is InChI=1S/C12H7Cl3N2O3/c13-9-3-2-8(17(18)19)5-10(9)20-6-7-1-4-11(14)16-12(7)15/h1-5H,6H2. The van der Waals surface area contributed by atoms with Crippen LogP contribution in [0.4, 0.5) is 5.69 Å². The van der Waals surface area contributed by atoms with E-state index in [9.17, 15) is 10.1 Å². The highest BCUT2D eigenvalue weighted by Crippen LogP contribution is 2.30. The van der Waals surface area contributed by atoms with Crippen LogP contribution in [0.3, 0.4) is 0 Å². The number of aromatic nitrogens is 1. The number of benzene rings is 1. The topological polar surface area (TPSA) is 65.3 Å². The third kappa shape index (κ3) is 3.50. The molecule has 0 atom stereocenters. The molecule has 0 aliphatic heterocycles. The SMILES string of the molecule is O=[N+]([O-])c1ccc(Cl)c(OCc2ccc(Cl)nc2Cl)c1. The highest BCUT2D eigenvalue weighted by Gasteiger charge is 2.12. The predicted molar refractivity (Wildman–Crippen MR) is 76.7 cm³/mol. The number of non-ortho nitro benzene ring substituents is 1. The van der Waals surface area contributed by atoms with Gasteiger partial charge in [0.05, 0.1) is 16.0 Å². The summed E-state index contributed by atoms with van der Waals surface area (Å²) in [5, 5.41) is 11.4. The van der Waals surface area contributed by atoms with Crippen LogP contribution in [0, 0.1) is 10.1 Å². The largest absolute Gasteiger partial charge is 0.487 e. The molecule has 20 heavy (non-hydrogen) atoms. The van der Waals surface area contributed by atoms with Crippen LogP contribution in [0.15, 0.2) is 30.3 Å². The normalized spacial score (nSPS) is 10.3. The van der Waals surface area contributed by atoms with Crippen LogP contribution < -0.4 is 4.74 Å². The quantitative estimate of drug-likeness (QED) is 0.468. The first-order chi connectivity index (χ1) is 9.47. The smallest absolute Gasteiger partial charge is 0.273 e. The molecule has 2 rings (SSSR count). The summed E-state index contributed by atoms with van der Waals surface area (Å²) in [5.41, 5.74) is 0.489. The first-order valence-corrected chi connectivity index (χ1v) is 6.48. The molecule has 1 heterocycles. The van der Waals surface area contributed by atoms with Gasteiger partial charge in [-0.05, 0) is 18.2 Å². The van der Waals surface area contributed by atoms with Crippen molar-refractivity contribution >= 4 is 40.5 Å². The number of nitro benzene ring substituents is 1. The van der Waals surface area contributed by atoms with Crippen LogP contribution in [-0.2, 0) is 6.61 Å². The third-order valence-electron chi connectivity index (χ3n) is 2.40. The fraction of sp³-hybridized carbons (Fsp3) is 0.0833. The van der Waals surface area contributed by atoms with E-state index in [1.54, 1.807) is 12.1 Å². The second-order valence-electron chi connectivity index (χ2n) is 3.74. The molecule has 0 N–H and O–H groups in total. The van der Waals surface area contributed by atoms with Gasteiger partial charge in [0.25, 0.3) is 5.69 Å². The number of hydrogen-bond acceptors (Lipinski definition) is 4. The summed E-state index contributed by atoms with van der Waals surface area (Å²) in [6.45, 7) is 0.0733. The van der Waals surface area contributed by atoms with Crippen molar-refractivity contribution in [2.24, 2.45) is 0 Å². The Labute approximate surface area is 129 Å². The van der Waals surface area contributed by atoms with Gasteiger partial charge in [-0.15, -0.1) is 0 Å². The maximum atomic E-state index is 10.7. The van der Waals surface area contributed by atoms with E-state index in [0.29, 0.717) is 5.56 Å².